The fourth-order valence-electron chi connectivity index (χ4n) is 3.02. The maximum Gasteiger partial charge on any atom is 0.387 e. The predicted octanol–water partition coefficient (Wildman–Crippen LogP) is 4.29. The van der Waals surface area contributed by atoms with Crippen molar-refractivity contribution in [1.82, 2.24) is 9.97 Å². The van der Waals surface area contributed by atoms with E-state index < -0.39 is 6.61 Å². The smallest absolute Gasteiger partial charge is 0.387 e. The van der Waals surface area contributed by atoms with Crippen molar-refractivity contribution in [3.8, 4) is 16.9 Å². The van der Waals surface area contributed by atoms with Gasteiger partial charge in [0.25, 0.3) is 0 Å². The molecule has 1 fully saturated rings. The second kappa shape index (κ2) is 7.38. The van der Waals surface area contributed by atoms with E-state index in [0.717, 1.165) is 34.7 Å². The summed E-state index contributed by atoms with van der Waals surface area (Å²) in [5.41, 5.74) is 1.58. The molecule has 8 heteroatoms. The molecule has 6 nitrogen and oxygen atoms in total. The van der Waals surface area contributed by atoms with Gasteiger partial charge >= 0.3 is 6.61 Å². The van der Waals surface area contributed by atoms with Crippen LogP contribution in [0.3, 0.4) is 0 Å². The Hall–Kier alpha value is -3.29. The number of hydrogen-bond donors (Lipinski definition) is 2. The van der Waals surface area contributed by atoms with E-state index >= 15 is 0 Å². The Bertz CT molecular complexity index is 1020. The van der Waals surface area contributed by atoms with E-state index in [1.165, 1.54) is 12.1 Å². The Morgan fingerprint density at radius 1 is 1.14 bits per heavy atom. The number of carbonyl (C=O) groups excluding carboxylic acids is 1. The van der Waals surface area contributed by atoms with Crippen LogP contribution < -0.4 is 15.4 Å². The van der Waals surface area contributed by atoms with Crippen LogP contribution in [-0.2, 0) is 4.79 Å². The number of rotatable bonds is 6. The van der Waals surface area contributed by atoms with E-state index in [-0.39, 0.29) is 17.6 Å². The van der Waals surface area contributed by atoms with Crippen molar-refractivity contribution >= 4 is 28.3 Å². The van der Waals surface area contributed by atoms with Crippen molar-refractivity contribution in [2.45, 2.75) is 19.5 Å². The molecular formula is C20H18F2N4O2. The molecule has 4 rings (SSSR count). The van der Waals surface area contributed by atoms with Gasteiger partial charge < -0.3 is 15.4 Å². The van der Waals surface area contributed by atoms with Crippen molar-refractivity contribution in [3.63, 3.8) is 0 Å². The van der Waals surface area contributed by atoms with Gasteiger partial charge in [0.2, 0.25) is 5.91 Å². The van der Waals surface area contributed by atoms with Crippen LogP contribution in [0.15, 0.2) is 42.7 Å². The summed E-state index contributed by atoms with van der Waals surface area (Å²) in [4.78, 5) is 20.8. The highest BCUT2D eigenvalue weighted by atomic mass is 19.3. The first-order chi connectivity index (χ1) is 13.5. The van der Waals surface area contributed by atoms with Crippen molar-refractivity contribution in [2.24, 2.45) is 5.92 Å². The lowest BCUT2D eigenvalue weighted by Crippen LogP contribution is -2.14. The lowest BCUT2D eigenvalue weighted by atomic mass is 10.0. The molecule has 1 aromatic carbocycles. The molecule has 0 radical (unpaired) electrons. The summed E-state index contributed by atoms with van der Waals surface area (Å²) in [5, 5.41) is 7.50. The molecule has 1 amide bonds. The molecular weight excluding hydrogens is 366 g/mol. The Morgan fingerprint density at radius 2 is 1.89 bits per heavy atom. The summed E-state index contributed by atoms with van der Waals surface area (Å²) < 4.78 is 29.1. The van der Waals surface area contributed by atoms with Crippen LogP contribution in [0.1, 0.15) is 12.8 Å². The number of alkyl halides is 2. The van der Waals surface area contributed by atoms with Crippen molar-refractivity contribution in [3.05, 3.63) is 42.7 Å². The van der Waals surface area contributed by atoms with Crippen LogP contribution in [-0.4, -0.2) is 29.5 Å². The fraction of sp³-hybridized carbons (Fsp3) is 0.250. The van der Waals surface area contributed by atoms with Gasteiger partial charge in [-0.25, -0.2) is 9.97 Å². The largest absolute Gasteiger partial charge is 0.435 e. The first-order valence-corrected chi connectivity index (χ1v) is 8.88. The Labute approximate surface area is 159 Å². The molecule has 3 aromatic rings. The second-order valence-electron chi connectivity index (χ2n) is 6.55. The van der Waals surface area contributed by atoms with Crippen LogP contribution in [0.5, 0.6) is 5.75 Å². The molecule has 0 bridgehead atoms. The van der Waals surface area contributed by atoms with Gasteiger partial charge in [-0.15, -0.1) is 0 Å². The Balaban J connectivity index is 1.74. The summed E-state index contributed by atoms with van der Waals surface area (Å²) in [6.45, 7) is -2.87. The number of fused-ring (bicyclic) bond motifs is 1. The first-order valence-electron chi connectivity index (χ1n) is 8.88. The average molecular weight is 384 g/mol. The molecule has 1 saturated carbocycles. The SMILES string of the molecule is CNc1ncc(-c2ccc(OC(F)F)cc2)c2cc(NC(=O)C3CC3)ncc12. The maximum absolute atomic E-state index is 12.4. The van der Waals surface area contributed by atoms with Crippen LogP contribution >= 0.6 is 0 Å². The highest BCUT2D eigenvalue weighted by molar-refractivity contribution is 6.03. The van der Waals surface area contributed by atoms with Crippen molar-refractivity contribution in [2.75, 3.05) is 17.7 Å². The molecule has 1 aliphatic rings. The molecule has 2 aromatic heterocycles. The summed E-state index contributed by atoms with van der Waals surface area (Å²) in [6, 6.07) is 8.15. The zero-order valence-corrected chi connectivity index (χ0v) is 15.1. The van der Waals surface area contributed by atoms with Gasteiger partial charge in [0.05, 0.1) is 0 Å². The van der Waals surface area contributed by atoms with E-state index in [1.807, 2.05) is 0 Å². The molecule has 0 saturated heterocycles. The van der Waals surface area contributed by atoms with E-state index in [4.69, 9.17) is 0 Å². The summed E-state index contributed by atoms with van der Waals surface area (Å²) in [6.07, 6.45) is 5.18. The third-order valence-corrected chi connectivity index (χ3v) is 4.60. The number of hydrogen-bond acceptors (Lipinski definition) is 5. The molecule has 2 heterocycles. The van der Waals surface area contributed by atoms with Gasteiger partial charge in [0, 0.05) is 36.3 Å². The van der Waals surface area contributed by atoms with Gasteiger partial charge in [0.1, 0.15) is 17.4 Å². The van der Waals surface area contributed by atoms with Gasteiger partial charge in [-0.1, -0.05) is 12.1 Å². The van der Waals surface area contributed by atoms with Gasteiger partial charge in [-0.3, -0.25) is 4.79 Å². The molecule has 144 valence electrons. The van der Waals surface area contributed by atoms with E-state index in [1.54, 1.807) is 37.6 Å². The lowest BCUT2D eigenvalue weighted by molar-refractivity contribution is -0.117. The van der Waals surface area contributed by atoms with Gasteiger partial charge in [0.15, 0.2) is 0 Å². The van der Waals surface area contributed by atoms with Crippen molar-refractivity contribution < 1.29 is 18.3 Å². The highest BCUT2D eigenvalue weighted by Gasteiger charge is 2.29. The Morgan fingerprint density at radius 3 is 2.54 bits per heavy atom. The highest BCUT2D eigenvalue weighted by Crippen LogP contribution is 2.34. The van der Waals surface area contributed by atoms with Crippen LogP contribution in [0.2, 0.25) is 0 Å². The predicted molar refractivity (Wildman–Crippen MR) is 103 cm³/mol. The number of anilines is 2. The second-order valence-corrected chi connectivity index (χ2v) is 6.55. The number of carbonyl (C=O) groups is 1. The molecule has 0 unspecified atom stereocenters. The molecule has 1 aliphatic carbocycles. The summed E-state index contributed by atoms with van der Waals surface area (Å²) in [5.74, 6) is 1.26. The summed E-state index contributed by atoms with van der Waals surface area (Å²) in [7, 11) is 1.76. The number of amides is 1. The number of ether oxygens (including phenoxy) is 1. The number of aromatic nitrogens is 2. The quantitative estimate of drug-likeness (QED) is 0.663. The number of benzene rings is 1. The van der Waals surface area contributed by atoms with E-state index in [0.29, 0.717) is 11.6 Å². The van der Waals surface area contributed by atoms with Crippen molar-refractivity contribution in [1.29, 1.82) is 0 Å². The first kappa shape index (κ1) is 18.1. The van der Waals surface area contributed by atoms with Gasteiger partial charge in [-0.05, 0) is 42.0 Å². The van der Waals surface area contributed by atoms with E-state index in [2.05, 4.69) is 25.3 Å². The fourth-order valence-corrected chi connectivity index (χ4v) is 3.02. The average Bonchev–Trinajstić information content (AvgIpc) is 3.53. The summed E-state index contributed by atoms with van der Waals surface area (Å²) >= 11 is 0. The molecule has 28 heavy (non-hydrogen) atoms. The zero-order chi connectivity index (χ0) is 19.7. The Kier molecular flexibility index (Phi) is 4.77. The number of pyridine rings is 2. The molecule has 0 aliphatic heterocycles. The minimum atomic E-state index is -2.87. The third-order valence-electron chi connectivity index (χ3n) is 4.60. The van der Waals surface area contributed by atoms with E-state index in [9.17, 15) is 13.6 Å². The zero-order valence-electron chi connectivity index (χ0n) is 15.1. The topological polar surface area (TPSA) is 76.1 Å². The molecule has 0 atom stereocenters. The number of nitrogens with one attached hydrogen (secondary N) is 2. The van der Waals surface area contributed by atoms with Crippen LogP contribution in [0.25, 0.3) is 21.9 Å². The molecule has 2 N–H and O–H groups in total. The minimum Gasteiger partial charge on any atom is -0.435 e. The van der Waals surface area contributed by atoms with Crippen LogP contribution in [0, 0.1) is 5.92 Å². The third kappa shape index (κ3) is 3.71. The minimum absolute atomic E-state index is 0.0233. The lowest BCUT2D eigenvalue weighted by Gasteiger charge is -2.12. The molecule has 0 spiro atoms. The van der Waals surface area contributed by atoms with Crippen LogP contribution in [0.4, 0.5) is 20.4 Å². The number of nitrogens with zero attached hydrogens (tertiary/aromatic N) is 2. The van der Waals surface area contributed by atoms with Gasteiger partial charge in [-0.2, -0.15) is 8.78 Å². The number of halogens is 2. The maximum atomic E-state index is 12.4. The normalized spacial score (nSPS) is 13.6. The standard InChI is InChI=1S/C20H18F2N4O2/c1-23-18-16-10-24-17(26-19(27)12-2-3-12)8-14(16)15(9-25-18)11-4-6-13(7-5-11)28-20(21)22/h4-10,12,20H,2-3H2,1H3,(H,23,25)(H,24,26,27). The monoisotopic (exact) mass is 384 g/mol.